The Balaban J connectivity index is 0.000000360. The fourth-order valence-electron chi connectivity index (χ4n) is 3.41. The van der Waals surface area contributed by atoms with Gasteiger partial charge in [0, 0.05) is 44.4 Å². The first-order valence-electron chi connectivity index (χ1n) is 9.82. The number of carboxylic acids is 2. The van der Waals surface area contributed by atoms with Crippen molar-refractivity contribution in [3.05, 3.63) is 35.2 Å². The molecular weight excluding hydrogens is 433 g/mol. The molecule has 32 heavy (non-hydrogen) atoms. The van der Waals surface area contributed by atoms with Crippen molar-refractivity contribution in [2.45, 2.75) is 31.9 Å². The Bertz CT molecular complexity index is 1050. The van der Waals surface area contributed by atoms with E-state index in [1.54, 1.807) is 30.1 Å². The Morgan fingerprint density at radius 2 is 1.75 bits per heavy atom. The van der Waals surface area contributed by atoms with E-state index in [-0.39, 0.29) is 17.4 Å². The normalized spacial score (nSPS) is 15.8. The molecule has 4 rings (SSSR count). The van der Waals surface area contributed by atoms with Crippen LogP contribution in [0, 0.1) is 5.92 Å². The molecule has 0 aromatic carbocycles. The van der Waals surface area contributed by atoms with Gasteiger partial charge in [0.2, 0.25) is 5.91 Å². The molecule has 172 valence electrons. The summed E-state index contributed by atoms with van der Waals surface area (Å²) < 4.78 is 33.4. The fraction of sp³-hybridized carbons (Fsp3) is 0.450. The van der Waals surface area contributed by atoms with Crippen molar-refractivity contribution in [1.29, 1.82) is 0 Å². The molecule has 1 aliphatic heterocycles. The molecule has 1 fully saturated rings. The lowest BCUT2D eigenvalue weighted by atomic mass is 10.0. The van der Waals surface area contributed by atoms with Crippen LogP contribution >= 0.6 is 0 Å². The second-order valence-corrected chi connectivity index (χ2v) is 7.54. The van der Waals surface area contributed by atoms with E-state index in [2.05, 4.69) is 10.1 Å². The highest BCUT2D eigenvalue weighted by atomic mass is 19.4. The van der Waals surface area contributed by atoms with Gasteiger partial charge in [-0.15, -0.1) is 0 Å². The summed E-state index contributed by atoms with van der Waals surface area (Å²) in [6, 6.07) is 3.49. The van der Waals surface area contributed by atoms with Crippen molar-refractivity contribution >= 4 is 17.8 Å². The van der Waals surface area contributed by atoms with Crippen LogP contribution in [0.25, 0.3) is 11.4 Å². The zero-order valence-electron chi connectivity index (χ0n) is 17.1. The molecule has 0 radical (unpaired) electrons. The van der Waals surface area contributed by atoms with Crippen LogP contribution in [-0.4, -0.2) is 67.0 Å². The minimum atomic E-state index is -5.08. The number of halogens is 3. The topological polar surface area (TPSA) is 126 Å². The number of aromatic nitrogens is 3. The highest BCUT2D eigenvalue weighted by Gasteiger charge is 2.38. The zero-order valence-corrected chi connectivity index (χ0v) is 17.1. The summed E-state index contributed by atoms with van der Waals surface area (Å²) in [6.07, 6.45) is -0.168. The Kier molecular flexibility index (Phi) is 6.51. The lowest BCUT2D eigenvalue weighted by molar-refractivity contribution is -0.192. The number of carbonyl (C=O) groups excluding carboxylic acids is 1. The lowest BCUT2D eigenvalue weighted by Crippen LogP contribution is -2.34. The average Bonchev–Trinajstić information content (AvgIpc) is 3.51. The fourth-order valence-corrected chi connectivity index (χ4v) is 3.41. The van der Waals surface area contributed by atoms with Crippen LogP contribution in [0.4, 0.5) is 13.2 Å². The molecule has 0 atom stereocenters. The number of rotatable bonds is 3. The van der Waals surface area contributed by atoms with Crippen LogP contribution in [0.2, 0.25) is 0 Å². The van der Waals surface area contributed by atoms with Crippen molar-refractivity contribution in [1.82, 2.24) is 19.7 Å². The van der Waals surface area contributed by atoms with Crippen molar-refractivity contribution < 1.29 is 37.8 Å². The predicted molar refractivity (Wildman–Crippen MR) is 104 cm³/mol. The summed E-state index contributed by atoms with van der Waals surface area (Å²) in [5.74, 6) is -3.32. The maximum absolute atomic E-state index is 12.3. The van der Waals surface area contributed by atoms with Crippen LogP contribution in [-0.2, 0) is 29.5 Å². The molecule has 12 heteroatoms. The van der Waals surface area contributed by atoms with E-state index >= 15 is 0 Å². The van der Waals surface area contributed by atoms with Crippen LogP contribution in [0.15, 0.2) is 18.3 Å². The molecular formula is C20H21F3N4O5. The Hall–Kier alpha value is -3.44. The number of carbonyl (C=O) groups is 3. The number of hydrogen-bond acceptors (Lipinski definition) is 5. The molecule has 2 aliphatic rings. The summed E-state index contributed by atoms with van der Waals surface area (Å²) >= 11 is 0. The number of aromatic carboxylic acids is 1. The molecule has 0 saturated heterocycles. The number of alkyl halides is 3. The van der Waals surface area contributed by atoms with E-state index in [0.29, 0.717) is 37.3 Å². The van der Waals surface area contributed by atoms with E-state index in [0.717, 1.165) is 24.1 Å². The van der Waals surface area contributed by atoms with Crippen molar-refractivity contribution in [3.8, 4) is 11.4 Å². The van der Waals surface area contributed by atoms with Gasteiger partial charge >= 0.3 is 18.1 Å². The van der Waals surface area contributed by atoms with E-state index in [4.69, 9.17) is 9.90 Å². The summed E-state index contributed by atoms with van der Waals surface area (Å²) in [7, 11) is 1.77. The molecule has 0 unspecified atom stereocenters. The van der Waals surface area contributed by atoms with E-state index in [1.165, 1.54) is 0 Å². The van der Waals surface area contributed by atoms with Crippen LogP contribution in [0.5, 0.6) is 0 Å². The minimum Gasteiger partial charge on any atom is -0.478 e. The second kappa shape index (κ2) is 8.97. The van der Waals surface area contributed by atoms with E-state index < -0.39 is 18.1 Å². The van der Waals surface area contributed by atoms with Crippen molar-refractivity contribution in [2.75, 3.05) is 13.1 Å². The second-order valence-electron chi connectivity index (χ2n) is 7.54. The summed E-state index contributed by atoms with van der Waals surface area (Å²) in [6.45, 7) is 1.28. The predicted octanol–water partition coefficient (Wildman–Crippen LogP) is 2.15. The highest BCUT2D eigenvalue weighted by molar-refractivity contribution is 5.94. The molecule has 2 aromatic rings. The van der Waals surface area contributed by atoms with Crippen molar-refractivity contribution in [2.24, 2.45) is 13.0 Å². The number of aryl methyl sites for hydroxylation is 1. The maximum Gasteiger partial charge on any atom is 0.490 e. The van der Waals surface area contributed by atoms with Crippen molar-refractivity contribution in [3.63, 3.8) is 0 Å². The van der Waals surface area contributed by atoms with E-state index in [1.807, 2.05) is 4.90 Å². The smallest absolute Gasteiger partial charge is 0.478 e. The third kappa shape index (κ3) is 5.24. The SMILES string of the molecule is Cn1nccc1-c1nc2c(cc1C(=O)O)CCN(C(=O)C1CC1)CC2.O=C(O)C(F)(F)F. The largest absolute Gasteiger partial charge is 0.490 e. The number of amides is 1. The Morgan fingerprint density at radius 1 is 1.12 bits per heavy atom. The van der Waals surface area contributed by atoms with Gasteiger partial charge in [-0.25, -0.2) is 14.6 Å². The Labute approximate surface area is 180 Å². The number of pyridine rings is 1. The first-order valence-corrected chi connectivity index (χ1v) is 9.82. The van der Waals surface area contributed by atoms with Gasteiger partial charge in [0.25, 0.3) is 0 Å². The lowest BCUT2D eigenvalue weighted by Gasteiger charge is -2.19. The molecule has 1 amide bonds. The minimum absolute atomic E-state index is 0.185. The van der Waals surface area contributed by atoms with Gasteiger partial charge in [0.15, 0.2) is 0 Å². The molecule has 1 aliphatic carbocycles. The number of hydrogen-bond donors (Lipinski definition) is 2. The van der Waals surface area contributed by atoms with E-state index in [9.17, 15) is 27.9 Å². The van der Waals surface area contributed by atoms with Gasteiger partial charge < -0.3 is 15.1 Å². The molecule has 1 saturated carbocycles. The third-order valence-corrected chi connectivity index (χ3v) is 5.24. The van der Waals surface area contributed by atoms with Crippen LogP contribution < -0.4 is 0 Å². The maximum atomic E-state index is 12.3. The molecule has 3 heterocycles. The number of fused-ring (bicyclic) bond motifs is 1. The quantitative estimate of drug-likeness (QED) is 0.728. The summed E-state index contributed by atoms with van der Waals surface area (Å²) in [5, 5.41) is 20.9. The molecule has 0 bridgehead atoms. The third-order valence-electron chi connectivity index (χ3n) is 5.24. The van der Waals surface area contributed by atoms with Crippen LogP contribution in [0.1, 0.15) is 34.5 Å². The summed E-state index contributed by atoms with van der Waals surface area (Å²) in [4.78, 5) is 39.5. The average molecular weight is 454 g/mol. The van der Waals surface area contributed by atoms with Gasteiger partial charge in [0.05, 0.1) is 11.3 Å². The molecule has 2 N–H and O–H groups in total. The van der Waals surface area contributed by atoms with Gasteiger partial charge in [-0.05, 0) is 37.0 Å². The molecule has 2 aromatic heterocycles. The molecule has 9 nitrogen and oxygen atoms in total. The van der Waals surface area contributed by atoms with Gasteiger partial charge in [-0.1, -0.05) is 0 Å². The van der Waals surface area contributed by atoms with Gasteiger partial charge in [0.1, 0.15) is 5.69 Å². The standard InChI is InChI=1S/C18H20N4O3.C2HF3O2/c1-21-15(4-7-19-21)16-13(18(24)25)10-12-5-8-22(9-6-14(12)20-16)17(23)11-2-3-11;3-2(4,5)1(6)7/h4,7,10-11H,2-3,5-6,8-9H2,1H3,(H,24,25);(H,6,7). The monoisotopic (exact) mass is 454 g/mol. The summed E-state index contributed by atoms with van der Waals surface area (Å²) in [5.41, 5.74) is 3.11. The number of carboxylic acid groups (broad SMARTS) is 2. The molecule has 0 spiro atoms. The highest BCUT2D eigenvalue weighted by Crippen LogP contribution is 2.32. The first-order chi connectivity index (χ1) is 15.0. The van der Waals surface area contributed by atoms with Crippen LogP contribution in [0.3, 0.4) is 0 Å². The first kappa shape index (κ1) is 23.2. The number of nitrogens with zero attached hydrogens (tertiary/aromatic N) is 4. The zero-order chi connectivity index (χ0) is 23.6. The Morgan fingerprint density at radius 3 is 2.25 bits per heavy atom. The van der Waals surface area contributed by atoms with Gasteiger partial charge in [-0.3, -0.25) is 9.48 Å². The van der Waals surface area contributed by atoms with Gasteiger partial charge in [-0.2, -0.15) is 18.3 Å². The number of aliphatic carboxylic acids is 1.